The van der Waals surface area contributed by atoms with Crippen LogP contribution in [0.15, 0.2) is 42.9 Å². The molecule has 2 saturated carbocycles. The topological polar surface area (TPSA) is 46.8 Å². The molecular weight excluding hydrogens is 487 g/mol. The number of likely N-dealkylation sites (tertiary alicyclic amines) is 1. The van der Waals surface area contributed by atoms with E-state index in [9.17, 15) is 13.2 Å². The molecule has 3 aromatic rings. The van der Waals surface area contributed by atoms with Crippen molar-refractivity contribution >= 4 is 0 Å². The second-order valence-electron chi connectivity index (χ2n) is 12.0. The zero-order valence-corrected chi connectivity index (χ0v) is 21.8. The van der Waals surface area contributed by atoms with Gasteiger partial charge in [-0.05, 0) is 92.0 Å². The molecule has 0 N–H and O–H groups in total. The molecule has 0 unspecified atom stereocenters. The number of aromatic nitrogens is 4. The highest BCUT2D eigenvalue weighted by Crippen LogP contribution is 2.70. The molecule has 3 aliphatic rings. The molecule has 1 atom stereocenters. The largest absolute Gasteiger partial charge is 0.418 e. The van der Waals surface area contributed by atoms with Gasteiger partial charge >= 0.3 is 6.18 Å². The summed E-state index contributed by atoms with van der Waals surface area (Å²) in [7, 11) is 0. The second kappa shape index (κ2) is 9.47. The SMILES string of the molecule is [2H]C([2H])([2H])n1cnnc1C1(c2cccc(CCc3ncc(CN4CCC[C@H](C)C4)cc3C(F)(F)F)c2)CC2(CC2)C1. The van der Waals surface area contributed by atoms with Crippen molar-refractivity contribution in [2.75, 3.05) is 13.1 Å². The lowest BCUT2D eigenvalue weighted by atomic mass is 9.55. The van der Waals surface area contributed by atoms with Gasteiger partial charge in [0.2, 0.25) is 0 Å². The van der Waals surface area contributed by atoms with Crippen LogP contribution in [0.1, 0.15) is 83.3 Å². The van der Waals surface area contributed by atoms with Crippen LogP contribution in [0.3, 0.4) is 0 Å². The van der Waals surface area contributed by atoms with E-state index >= 15 is 0 Å². The maximum atomic E-state index is 14.1. The van der Waals surface area contributed by atoms with Crippen molar-refractivity contribution < 1.29 is 17.3 Å². The number of benzene rings is 1. The van der Waals surface area contributed by atoms with E-state index in [0.29, 0.717) is 30.3 Å². The first-order chi connectivity index (χ1) is 19.4. The highest BCUT2D eigenvalue weighted by Gasteiger charge is 2.63. The van der Waals surface area contributed by atoms with Crippen LogP contribution in [0.5, 0.6) is 0 Å². The standard InChI is InChI=1S/C30H36F3N5/c1-21-5-4-12-38(16-21)17-23-14-25(30(31,32)33)26(34-15-23)9-8-22-6-3-7-24(13-22)29(18-28(19-29)10-11-28)27-36-35-20-37(27)2/h3,6-7,13-15,20-21H,4-5,8-12,16-19H2,1-2H3/t21-/m0/s1/i2D3. The van der Waals surface area contributed by atoms with Crippen LogP contribution in [0, 0.1) is 11.3 Å². The Morgan fingerprint density at radius 2 is 1.97 bits per heavy atom. The number of rotatable bonds is 7. The van der Waals surface area contributed by atoms with Crippen molar-refractivity contribution in [3.63, 3.8) is 0 Å². The van der Waals surface area contributed by atoms with Gasteiger partial charge in [0.05, 0.1) is 16.7 Å². The predicted octanol–water partition coefficient (Wildman–Crippen LogP) is 6.11. The van der Waals surface area contributed by atoms with E-state index in [4.69, 9.17) is 4.11 Å². The zero-order valence-electron chi connectivity index (χ0n) is 24.8. The maximum absolute atomic E-state index is 14.1. The number of hydrogen-bond acceptors (Lipinski definition) is 4. The lowest BCUT2D eigenvalue weighted by Crippen LogP contribution is -2.45. The predicted molar refractivity (Wildman–Crippen MR) is 139 cm³/mol. The minimum atomic E-state index is -4.48. The summed E-state index contributed by atoms with van der Waals surface area (Å²) >= 11 is 0. The Labute approximate surface area is 226 Å². The van der Waals surface area contributed by atoms with E-state index < -0.39 is 24.1 Å². The van der Waals surface area contributed by atoms with Gasteiger partial charge < -0.3 is 4.57 Å². The number of halogens is 3. The summed E-state index contributed by atoms with van der Waals surface area (Å²) in [5.74, 6) is 0.986. The molecule has 2 aliphatic carbocycles. The summed E-state index contributed by atoms with van der Waals surface area (Å²) in [4.78, 5) is 6.53. The summed E-state index contributed by atoms with van der Waals surface area (Å²) in [5.41, 5.74) is 1.49. The van der Waals surface area contributed by atoms with Gasteiger partial charge in [0.1, 0.15) is 12.2 Å². The lowest BCUT2D eigenvalue weighted by molar-refractivity contribution is -0.138. The molecule has 0 amide bonds. The Morgan fingerprint density at radius 3 is 2.71 bits per heavy atom. The van der Waals surface area contributed by atoms with Crippen LogP contribution in [0.2, 0.25) is 0 Å². The van der Waals surface area contributed by atoms with Gasteiger partial charge in [0, 0.05) is 30.4 Å². The van der Waals surface area contributed by atoms with Crippen molar-refractivity contribution in [2.24, 2.45) is 18.3 Å². The fraction of sp³-hybridized carbons (Fsp3) is 0.567. The molecular formula is C30H36F3N5. The summed E-state index contributed by atoms with van der Waals surface area (Å²) in [6.07, 6.45) is 4.99. The van der Waals surface area contributed by atoms with Crippen LogP contribution >= 0.6 is 0 Å². The smallest absolute Gasteiger partial charge is 0.320 e. The highest BCUT2D eigenvalue weighted by atomic mass is 19.4. The van der Waals surface area contributed by atoms with E-state index in [2.05, 4.69) is 27.0 Å². The van der Waals surface area contributed by atoms with Crippen molar-refractivity contribution in [1.29, 1.82) is 0 Å². The Morgan fingerprint density at radius 1 is 1.13 bits per heavy atom. The van der Waals surface area contributed by atoms with E-state index in [1.54, 1.807) is 6.20 Å². The van der Waals surface area contributed by atoms with Gasteiger partial charge in [0.15, 0.2) is 0 Å². The van der Waals surface area contributed by atoms with Crippen LogP contribution < -0.4 is 0 Å². The molecule has 1 aromatic carbocycles. The fourth-order valence-corrected chi connectivity index (χ4v) is 6.85. The number of alkyl halides is 3. The first-order valence-corrected chi connectivity index (χ1v) is 13.6. The minimum Gasteiger partial charge on any atom is -0.320 e. The minimum absolute atomic E-state index is 0.0519. The number of aryl methyl sites for hydroxylation is 3. The highest BCUT2D eigenvalue weighted by molar-refractivity contribution is 5.42. The van der Waals surface area contributed by atoms with Crippen LogP contribution in [0.25, 0.3) is 0 Å². The van der Waals surface area contributed by atoms with Crippen LogP contribution in [-0.2, 0) is 38.0 Å². The zero-order chi connectivity index (χ0) is 29.0. The molecule has 1 saturated heterocycles. The molecule has 6 rings (SSSR count). The molecule has 0 bridgehead atoms. The van der Waals surface area contributed by atoms with Crippen molar-refractivity contribution in [3.8, 4) is 0 Å². The summed E-state index contributed by atoms with van der Waals surface area (Å²) in [6, 6.07) is 9.08. The first kappa shape index (κ1) is 22.1. The molecule has 3 heterocycles. The molecule has 202 valence electrons. The average molecular weight is 527 g/mol. The van der Waals surface area contributed by atoms with Gasteiger partial charge in [-0.2, -0.15) is 13.2 Å². The number of nitrogens with zero attached hydrogens (tertiary/aromatic N) is 5. The van der Waals surface area contributed by atoms with Gasteiger partial charge in [-0.15, -0.1) is 10.2 Å². The van der Waals surface area contributed by atoms with E-state index in [1.807, 2.05) is 24.3 Å². The normalized spacial score (nSPS) is 23.9. The molecule has 38 heavy (non-hydrogen) atoms. The number of hydrogen-bond donors (Lipinski definition) is 0. The first-order valence-electron chi connectivity index (χ1n) is 15.1. The second-order valence-corrected chi connectivity index (χ2v) is 12.0. The summed E-state index contributed by atoms with van der Waals surface area (Å²) in [6.45, 7) is 2.06. The molecule has 8 heteroatoms. The quantitative estimate of drug-likeness (QED) is 0.373. The van der Waals surface area contributed by atoms with Crippen molar-refractivity contribution in [2.45, 2.75) is 76.4 Å². The molecule has 1 aliphatic heterocycles. The monoisotopic (exact) mass is 526 g/mol. The molecule has 1 spiro atoms. The lowest BCUT2D eigenvalue weighted by Gasteiger charge is -2.48. The van der Waals surface area contributed by atoms with Gasteiger partial charge in [-0.3, -0.25) is 9.88 Å². The van der Waals surface area contributed by atoms with Crippen molar-refractivity contribution in [1.82, 2.24) is 24.6 Å². The summed E-state index contributed by atoms with van der Waals surface area (Å²) < 4.78 is 67.5. The summed E-state index contributed by atoms with van der Waals surface area (Å²) in [5, 5.41) is 8.22. The third-order valence-electron chi connectivity index (χ3n) is 8.90. The number of pyridine rings is 1. The molecule has 5 nitrogen and oxygen atoms in total. The molecule has 3 fully saturated rings. The maximum Gasteiger partial charge on any atom is 0.418 e. The van der Waals surface area contributed by atoms with Gasteiger partial charge in [0.25, 0.3) is 0 Å². The third kappa shape index (κ3) is 4.88. The molecule has 2 aromatic heterocycles. The Hall–Kier alpha value is -2.74. The number of piperidine rings is 1. The van der Waals surface area contributed by atoms with E-state index in [-0.39, 0.29) is 17.5 Å². The van der Waals surface area contributed by atoms with E-state index in [1.165, 1.54) is 17.0 Å². The Bertz CT molecular complexity index is 1400. The average Bonchev–Trinajstić information content (AvgIpc) is 3.51. The Kier molecular flexibility index (Phi) is 5.51. The molecule has 0 radical (unpaired) electrons. The third-order valence-corrected chi connectivity index (χ3v) is 8.90. The van der Waals surface area contributed by atoms with Crippen LogP contribution in [0.4, 0.5) is 13.2 Å². The Balaban J connectivity index is 1.23. The fourth-order valence-electron chi connectivity index (χ4n) is 6.85. The van der Waals surface area contributed by atoms with Gasteiger partial charge in [-0.1, -0.05) is 31.2 Å². The van der Waals surface area contributed by atoms with Gasteiger partial charge in [-0.25, -0.2) is 0 Å². The van der Waals surface area contributed by atoms with Crippen LogP contribution in [-0.4, -0.2) is 37.7 Å². The van der Waals surface area contributed by atoms with Crippen molar-refractivity contribution in [3.05, 3.63) is 76.6 Å². The van der Waals surface area contributed by atoms with E-state index in [0.717, 1.165) is 62.7 Å².